The van der Waals surface area contributed by atoms with Crippen LogP contribution in [0.3, 0.4) is 0 Å². The molecule has 1 fully saturated rings. The third-order valence-corrected chi connectivity index (χ3v) is 6.89. The lowest BCUT2D eigenvalue weighted by molar-refractivity contribution is -0.122. The number of hydrogen-bond acceptors (Lipinski definition) is 7. The molecule has 3 rings (SSSR count). The summed E-state index contributed by atoms with van der Waals surface area (Å²) >= 11 is 11.4. The van der Waals surface area contributed by atoms with Crippen molar-refractivity contribution in [2.75, 3.05) is 11.9 Å². The molecule has 0 bridgehead atoms. The summed E-state index contributed by atoms with van der Waals surface area (Å²) in [6, 6.07) is 7.71. The van der Waals surface area contributed by atoms with Gasteiger partial charge in [0.05, 0.1) is 4.91 Å². The summed E-state index contributed by atoms with van der Waals surface area (Å²) in [4.78, 5) is 27.0. The second kappa shape index (κ2) is 10.6. The van der Waals surface area contributed by atoms with Crippen molar-refractivity contribution in [2.45, 2.75) is 33.1 Å². The summed E-state index contributed by atoms with van der Waals surface area (Å²) in [5, 5.41) is 12.3. The lowest BCUT2D eigenvalue weighted by Crippen LogP contribution is -2.29. The van der Waals surface area contributed by atoms with Crippen LogP contribution in [0.4, 0.5) is 5.13 Å². The van der Waals surface area contributed by atoms with Gasteiger partial charge < -0.3 is 5.32 Å². The highest BCUT2D eigenvalue weighted by atomic mass is 79.9. The normalized spacial score (nSPS) is 15.5. The van der Waals surface area contributed by atoms with Gasteiger partial charge in [0.2, 0.25) is 11.0 Å². The van der Waals surface area contributed by atoms with Crippen molar-refractivity contribution in [1.29, 1.82) is 0 Å². The molecular formula is C20H21BrN4O2S3. The number of hydrogen-bond donors (Lipinski definition) is 1. The van der Waals surface area contributed by atoms with Crippen LogP contribution in [-0.4, -0.2) is 37.8 Å². The van der Waals surface area contributed by atoms with Crippen LogP contribution in [0.1, 0.15) is 37.3 Å². The summed E-state index contributed by atoms with van der Waals surface area (Å²) in [7, 11) is 0. The summed E-state index contributed by atoms with van der Waals surface area (Å²) < 4.78 is 1.50. The molecule has 1 aliphatic rings. The van der Waals surface area contributed by atoms with E-state index in [4.69, 9.17) is 12.2 Å². The molecule has 10 heteroatoms. The number of nitrogens with zero attached hydrogens (tertiary/aromatic N) is 3. The van der Waals surface area contributed by atoms with Crippen LogP contribution in [0.2, 0.25) is 0 Å². The van der Waals surface area contributed by atoms with Crippen LogP contribution < -0.4 is 5.32 Å². The summed E-state index contributed by atoms with van der Waals surface area (Å²) in [5.74, 6) is 0.234. The van der Waals surface area contributed by atoms with Gasteiger partial charge in [-0.3, -0.25) is 14.5 Å². The van der Waals surface area contributed by atoms with E-state index in [1.807, 2.05) is 30.3 Å². The van der Waals surface area contributed by atoms with Crippen LogP contribution in [0.25, 0.3) is 6.08 Å². The molecule has 30 heavy (non-hydrogen) atoms. The van der Waals surface area contributed by atoms with Gasteiger partial charge >= 0.3 is 0 Å². The van der Waals surface area contributed by atoms with Gasteiger partial charge in [0.25, 0.3) is 5.91 Å². The van der Waals surface area contributed by atoms with Crippen molar-refractivity contribution in [3.8, 4) is 0 Å². The lowest BCUT2D eigenvalue weighted by atomic mass is 10.1. The smallest absolute Gasteiger partial charge is 0.266 e. The van der Waals surface area contributed by atoms with Gasteiger partial charge in [-0.2, -0.15) is 0 Å². The third-order valence-electron chi connectivity index (χ3n) is 4.12. The average molecular weight is 526 g/mol. The first-order valence-corrected chi connectivity index (χ1v) is 12.3. The highest BCUT2D eigenvalue weighted by Gasteiger charge is 2.31. The Bertz CT molecular complexity index is 973. The molecule has 0 unspecified atom stereocenters. The van der Waals surface area contributed by atoms with Crippen molar-refractivity contribution in [2.24, 2.45) is 5.92 Å². The van der Waals surface area contributed by atoms with Gasteiger partial charge in [-0.05, 0) is 36.1 Å². The standard InChI is InChI=1S/C20H21BrN4O2S3/c1-12(2)10-17-23-24-19(30-17)22-16(26)4-3-9-25-18(27)15(29-20(25)28)11-13-5-7-14(21)8-6-13/h5-8,11-12H,3-4,9-10H2,1-2H3,(H,22,24,26)/b15-11-. The highest BCUT2D eigenvalue weighted by Crippen LogP contribution is 2.33. The van der Waals surface area contributed by atoms with E-state index in [1.165, 1.54) is 23.1 Å². The number of thioether (sulfide) groups is 1. The second-order valence-corrected chi connectivity index (χ2v) is 10.8. The number of aromatic nitrogens is 2. The van der Waals surface area contributed by atoms with Gasteiger partial charge in [-0.25, -0.2) is 0 Å². The Kier molecular flexibility index (Phi) is 8.15. The molecule has 1 aliphatic heterocycles. The van der Waals surface area contributed by atoms with Gasteiger partial charge in [-0.1, -0.05) is 77.2 Å². The molecule has 1 aromatic carbocycles. The Labute approximate surface area is 197 Å². The fourth-order valence-corrected chi connectivity index (χ4v) is 5.26. The molecule has 1 N–H and O–H groups in total. The Morgan fingerprint density at radius 3 is 2.73 bits per heavy atom. The zero-order valence-corrected chi connectivity index (χ0v) is 20.6. The summed E-state index contributed by atoms with van der Waals surface area (Å²) in [6.07, 6.45) is 3.47. The number of thiocarbonyl (C=S) groups is 1. The first kappa shape index (κ1) is 23.1. The van der Waals surface area contributed by atoms with Crippen LogP contribution >= 0.6 is 51.2 Å². The zero-order valence-electron chi connectivity index (χ0n) is 16.6. The van der Waals surface area contributed by atoms with Crippen LogP contribution in [0.15, 0.2) is 33.6 Å². The molecule has 0 radical (unpaired) electrons. The molecule has 158 valence electrons. The van der Waals surface area contributed by atoms with Gasteiger partial charge in [-0.15, -0.1) is 10.2 Å². The second-order valence-electron chi connectivity index (χ2n) is 7.14. The Balaban J connectivity index is 1.49. The predicted octanol–water partition coefficient (Wildman–Crippen LogP) is 5.12. The number of halogens is 1. The quantitative estimate of drug-likeness (QED) is 0.381. The molecule has 0 saturated carbocycles. The number of anilines is 1. The van der Waals surface area contributed by atoms with E-state index < -0.39 is 0 Å². The molecule has 0 spiro atoms. The van der Waals surface area contributed by atoms with E-state index in [0.717, 1.165) is 21.5 Å². The molecule has 0 atom stereocenters. The average Bonchev–Trinajstić information content (AvgIpc) is 3.21. The van der Waals surface area contributed by atoms with E-state index in [-0.39, 0.29) is 18.2 Å². The fourth-order valence-electron chi connectivity index (χ4n) is 2.72. The summed E-state index contributed by atoms with van der Waals surface area (Å²) in [6.45, 7) is 4.63. The Hall–Kier alpha value is -1.62. The molecule has 1 saturated heterocycles. The molecule has 2 amide bonds. The Morgan fingerprint density at radius 1 is 1.30 bits per heavy atom. The maximum absolute atomic E-state index is 12.7. The minimum atomic E-state index is -0.141. The molecule has 2 aromatic rings. The first-order valence-electron chi connectivity index (χ1n) is 9.45. The number of amides is 2. The minimum Gasteiger partial charge on any atom is -0.301 e. The molecule has 2 heterocycles. The van der Waals surface area contributed by atoms with Crippen molar-refractivity contribution in [3.63, 3.8) is 0 Å². The van der Waals surface area contributed by atoms with Crippen molar-refractivity contribution < 1.29 is 9.59 Å². The van der Waals surface area contributed by atoms with Gasteiger partial charge in [0, 0.05) is 23.9 Å². The number of rotatable bonds is 8. The van der Waals surface area contributed by atoms with E-state index in [9.17, 15) is 9.59 Å². The molecule has 0 aliphatic carbocycles. The van der Waals surface area contributed by atoms with E-state index >= 15 is 0 Å². The monoisotopic (exact) mass is 524 g/mol. The van der Waals surface area contributed by atoms with E-state index in [2.05, 4.69) is 45.3 Å². The molecular weight excluding hydrogens is 504 g/mol. The maximum atomic E-state index is 12.7. The van der Waals surface area contributed by atoms with Crippen LogP contribution in [0.5, 0.6) is 0 Å². The van der Waals surface area contributed by atoms with E-state index in [0.29, 0.717) is 33.2 Å². The minimum absolute atomic E-state index is 0.115. The third kappa shape index (κ3) is 6.44. The van der Waals surface area contributed by atoms with Gasteiger partial charge in [0.1, 0.15) is 9.33 Å². The largest absolute Gasteiger partial charge is 0.301 e. The fraction of sp³-hybridized carbons (Fsp3) is 0.350. The van der Waals surface area contributed by atoms with E-state index in [1.54, 1.807) is 4.90 Å². The highest BCUT2D eigenvalue weighted by molar-refractivity contribution is 9.10. The van der Waals surface area contributed by atoms with Crippen molar-refractivity contribution >= 4 is 78.6 Å². The van der Waals surface area contributed by atoms with Crippen LogP contribution in [-0.2, 0) is 16.0 Å². The topological polar surface area (TPSA) is 75.2 Å². The van der Waals surface area contributed by atoms with Crippen molar-refractivity contribution in [3.05, 3.63) is 44.2 Å². The molecule has 6 nitrogen and oxygen atoms in total. The van der Waals surface area contributed by atoms with Gasteiger partial charge in [0.15, 0.2) is 0 Å². The first-order chi connectivity index (χ1) is 14.3. The zero-order chi connectivity index (χ0) is 21.7. The number of carbonyl (C=O) groups excluding carboxylic acids is 2. The lowest BCUT2D eigenvalue weighted by Gasteiger charge is -2.13. The molecule has 1 aromatic heterocycles. The van der Waals surface area contributed by atoms with Crippen LogP contribution in [0, 0.1) is 5.92 Å². The Morgan fingerprint density at radius 2 is 2.03 bits per heavy atom. The predicted molar refractivity (Wildman–Crippen MR) is 130 cm³/mol. The maximum Gasteiger partial charge on any atom is 0.266 e. The van der Waals surface area contributed by atoms with Crippen molar-refractivity contribution in [1.82, 2.24) is 15.1 Å². The SMILES string of the molecule is CC(C)Cc1nnc(NC(=O)CCCN2C(=O)/C(=C/c3ccc(Br)cc3)SC2=S)s1. The summed E-state index contributed by atoms with van der Waals surface area (Å²) in [5.41, 5.74) is 0.937. The number of benzene rings is 1. The number of carbonyl (C=O) groups is 2. The number of nitrogens with one attached hydrogen (secondary N) is 1.